The third-order valence-electron chi connectivity index (χ3n) is 2.50. The lowest BCUT2D eigenvalue weighted by atomic mass is 10.1. The van der Waals surface area contributed by atoms with Gasteiger partial charge in [-0.3, -0.25) is 9.78 Å². The largest absolute Gasteiger partial charge is 0.271 e. The lowest BCUT2D eigenvalue weighted by Gasteiger charge is -2.00. The van der Waals surface area contributed by atoms with Gasteiger partial charge in [-0.05, 0) is 30.2 Å². The van der Waals surface area contributed by atoms with Gasteiger partial charge in [0.05, 0.1) is 6.21 Å². The molecule has 0 unspecified atom stereocenters. The Bertz CT molecular complexity index is 564. The average molecular weight is 239 g/mol. The zero-order valence-electron chi connectivity index (χ0n) is 10.00. The summed E-state index contributed by atoms with van der Waals surface area (Å²) in [5.41, 5.74) is 5.10. The fourth-order valence-corrected chi connectivity index (χ4v) is 1.46. The monoisotopic (exact) mass is 239 g/mol. The number of aromatic nitrogens is 1. The maximum atomic E-state index is 11.7. The molecule has 1 N–H and O–H groups in total. The van der Waals surface area contributed by atoms with E-state index in [0.29, 0.717) is 5.56 Å². The van der Waals surface area contributed by atoms with Crippen LogP contribution in [0.3, 0.4) is 0 Å². The first-order valence-corrected chi connectivity index (χ1v) is 5.56. The van der Waals surface area contributed by atoms with E-state index >= 15 is 0 Å². The zero-order chi connectivity index (χ0) is 12.8. The summed E-state index contributed by atoms with van der Waals surface area (Å²) in [7, 11) is 0. The summed E-state index contributed by atoms with van der Waals surface area (Å²) in [5.74, 6) is -0.248. The molecule has 90 valence electrons. The molecule has 0 atom stereocenters. The molecule has 0 bridgehead atoms. The summed E-state index contributed by atoms with van der Waals surface area (Å²) >= 11 is 0. The highest BCUT2D eigenvalue weighted by atomic mass is 16.2. The molecule has 2 aromatic rings. The van der Waals surface area contributed by atoms with Crippen LogP contribution >= 0.6 is 0 Å². The number of aryl methyl sites for hydroxylation is 1. The second kappa shape index (κ2) is 5.72. The number of amides is 1. The van der Waals surface area contributed by atoms with Gasteiger partial charge in [0.2, 0.25) is 0 Å². The normalized spacial score (nSPS) is 10.5. The smallest absolute Gasteiger partial charge is 0.267 e. The molecule has 0 saturated carbocycles. The van der Waals surface area contributed by atoms with E-state index in [9.17, 15) is 4.79 Å². The fraction of sp³-hybridized carbons (Fsp3) is 0.0714. The van der Waals surface area contributed by atoms with Gasteiger partial charge in [-0.25, -0.2) is 5.43 Å². The molecule has 4 heteroatoms. The highest BCUT2D eigenvalue weighted by Crippen LogP contribution is 2.03. The molecular weight excluding hydrogens is 226 g/mol. The second-order valence-corrected chi connectivity index (χ2v) is 3.79. The first-order valence-electron chi connectivity index (χ1n) is 5.56. The topological polar surface area (TPSA) is 54.4 Å². The minimum Gasteiger partial charge on any atom is -0.267 e. The lowest BCUT2D eigenvalue weighted by molar-refractivity contribution is 0.0955. The van der Waals surface area contributed by atoms with E-state index in [4.69, 9.17) is 0 Å². The van der Waals surface area contributed by atoms with Crippen molar-refractivity contribution in [3.8, 4) is 0 Å². The van der Waals surface area contributed by atoms with E-state index < -0.39 is 0 Å². The van der Waals surface area contributed by atoms with E-state index in [1.807, 2.05) is 31.2 Å². The average Bonchev–Trinajstić information content (AvgIpc) is 2.42. The predicted molar refractivity (Wildman–Crippen MR) is 70.5 cm³/mol. The SMILES string of the molecule is Cc1ccccc1C=NNC(=O)c1ccncc1. The Hall–Kier alpha value is -2.49. The Kier molecular flexibility index (Phi) is 3.81. The van der Waals surface area contributed by atoms with Crippen molar-refractivity contribution in [2.24, 2.45) is 5.10 Å². The van der Waals surface area contributed by atoms with Crippen molar-refractivity contribution in [1.82, 2.24) is 10.4 Å². The number of hydrogen-bond acceptors (Lipinski definition) is 3. The Morgan fingerprint density at radius 3 is 2.67 bits per heavy atom. The van der Waals surface area contributed by atoms with Crippen LogP contribution in [0.5, 0.6) is 0 Å². The second-order valence-electron chi connectivity index (χ2n) is 3.79. The van der Waals surface area contributed by atoms with Gasteiger partial charge in [0.1, 0.15) is 0 Å². The van der Waals surface area contributed by atoms with Crippen LogP contribution in [0.1, 0.15) is 21.5 Å². The van der Waals surface area contributed by atoms with Crippen molar-refractivity contribution in [2.45, 2.75) is 6.92 Å². The number of nitrogens with zero attached hydrogens (tertiary/aromatic N) is 2. The van der Waals surface area contributed by atoms with Crippen LogP contribution in [-0.2, 0) is 0 Å². The molecule has 18 heavy (non-hydrogen) atoms. The van der Waals surface area contributed by atoms with Crippen LogP contribution < -0.4 is 5.43 Å². The summed E-state index contributed by atoms with van der Waals surface area (Å²) < 4.78 is 0. The van der Waals surface area contributed by atoms with E-state index in [1.165, 1.54) is 0 Å². The van der Waals surface area contributed by atoms with Gasteiger partial charge in [0.25, 0.3) is 5.91 Å². The van der Waals surface area contributed by atoms with Crippen molar-refractivity contribution < 1.29 is 4.79 Å². The molecule has 2 rings (SSSR count). The molecule has 1 aromatic heterocycles. The molecule has 1 amide bonds. The number of carbonyl (C=O) groups excluding carboxylic acids is 1. The van der Waals surface area contributed by atoms with Crippen molar-refractivity contribution in [2.75, 3.05) is 0 Å². The molecule has 0 spiro atoms. The van der Waals surface area contributed by atoms with E-state index in [-0.39, 0.29) is 5.91 Å². The fourth-order valence-electron chi connectivity index (χ4n) is 1.46. The van der Waals surface area contributed by atoms with E-state index in [2.05, 4.69) is 15.5 Å². The molecule has 0 aliphatic carbocycles. The van der Waals surface area contributed by atoms with Crippen LogP contribution in [0.4, 0.5) is 0 Å². The van der Waals surface area contributed by atoms with Crippen LogP contribution in [0.15, 0.2) is 53.9 Å². The first-order chi connectivity index (χ1) is 8.77. The van der Waals surface area contributed by atoms with Crippen molar-refractivity contribution in [1.29, 1.82) is 0 Å². The van der Waals surface area contributed by atoms with Gasteiger partial charge in [0.15, 0.2) is 0 Å². The van der Waals surface area contributed by atoms with Crippen LogP contribution in [0.25, 0.3) is 0 Å². The van der Waals surface area contributed by atoms with Gasteiger partial charge < -0.3 is 0 Å². The van der Waals surface area contributed by atoms with Crippen LogP contribution in [0.2, 0.25) is 0 Å². The minimum atomic E-state index is -0.248. The quantitative estimate of drug-likeness (QED) is 0.659. The third kappa shape index (κ3) is 3.01. The highest BCUT2D eigenvalue weighted by molar-refractivity contribution is 5.94. The summed E-state index contributed by atoms with van der Waals surface area (Å²) in [4.78, 5) is 15.5. The van der Waals surface area contributed by atoms with Crippen molar-refractivity contribution in [3.05, 3.63) is 65.5 Å². The molecule has 1 heterocycles. The van der Waals surface area contributed by atoms with Gasteiger partial charge in [0, 0.05) is 18.0 Å². The van der Waals surface area contributed by atoms with Gasteiger partial charge in [-0.2, -0.15) is 5.10 Å². The van der Waals surface area contributed by atoms with Gasteiger partial charge >= 0.3 is 0 Å². The molecule has 0 aliphatic heterocycles. The zero-order valence-corrected chi connectivity index (χ0v) is 10.00. The Balaban J connectivity index is 2.00. The maximum absolute atomic E-state index is 11.7. The standard InChI is InChI=1S/C14H13N3O/c1-11-4-2-3-5-13(11)10-16-17-14(18)12-6-8-15-9-7-12/h2-10H,1H3,(H,17,18). The van der Waals surface area contributed by atoms with Gasteiger partial charge in [-0.15, -0.1) is 0 Å². The van der Waals surface area contributed by atoms with Crippen LogP contribution in [0, 0.1) is 6.92 Å². The molecular formula is C14H13N3O. The first kappa shape index (κ1) is 12.0. The number of nitrogens with one attached hydrogen (secondary N) is 1. The molecule has 0 radical (unpaired) electrons. The summed E-state index contributed by atoms with van der Waals surface area (Å²) in [6, 6.07) is 11.1. The Labute approximate surface area is 105 Å². The summed E-state index contributed by atoms with van der Waals surface area (Å²) in [5, 5.41) is 3.93. The summed E-state index contributed by atoms with van der Waals surface area (Å²) in [6.45, 7) is 1.99. The van der Waals surface area contributed by atoms with Crippen LogP contribution in [-0.4, -0.2) is 17.1 Å². The highest BCUT2D eigenvalue weighted by Gasteiger charge is 2.01. The maximum Gasteiger partial charge on any atom is 0.271 e. The van der Waals surface area contributed by atoms with Crippen molar-refractivity contribution >= 4 is 12.1 Å². The predicted octanol–water partition coefficient (Wildman–Crippen LogP) is 2.15. The molecule has 1 aromatic carbocycles. The molecule has 0 fully saturated rings. The third-order valence-corrected chi connectivity index (χ3v) is 2.50. The number of pyridine rings is 1. The Morgan fingerprint density at radius 1 is 1.22 bits per heavy atom. The van der Waals surface area contributed by atoms with E-state index in [1.54, 1.807) is 30.7 Å². The Morgan fingerprint density at radius 2 is 1.94 bits per heavy atom. The molecule has 4 nitrogen and oxygen atoms in total. The van der Waals surface area contributed by atoms with E-state index in [0.717, 1.165) is 11.1 Å². The van der Waals surface area contributed by atoms with Gasteiger partial charge in [-0.1, -0.05) is 24.3 Å². The molecule has 0 saturated heterocycles. The number of benzene rings is 1. The minimum absolute atomic E-state index is 0.248. The molecule has 0 aliphatic rings. The number of hydrogen-bond donors (Lipinski definition) is 1. The number of rotatable bonds is 3. The van der Waals surface area contributed by atoms with Crippen molar-refractivity contribution in [3.63, 3.8) is 0 Å². The number of carbonyl (C=O) groups is 1. The summed E-state index contributed by atoms with van der Waals surface area (Å²) in [6.07, 6.45) is 4.77. The number of hydrazone groups is 1. The lowest BCUT2D eigenvalue weighted by Crippen LogP contribution is -2.17.